The number of hydrogen-bond acceptors (Lipinski definition) is 5. The van der Waals surface area contributed by atoms with Gasteiger partial charge in [0.1, 0.15) is 17.9 Å². The number of nitrogens with zero attached hydrogens (tertiary/aromatic N) is 3. The minimum Gasteiger partial charge on any atom is -0.495 e. The van der Waals surface area contributed by atoms with E-state index >= 15 is 0 Å². The summed E-state index contributed by atoms with van der Waals surface area (Å²) in [6.45, 7) is 0.606. The molecule has 0 aliphatic rings. The van der Waals surface area contributed by atoms with Crippen molar-refractivity contribution in [3.63, 3.8) is 0 Å². The Hall–Kier alpha value is -2.86. The number of nitrogens with two attached hydrogens (primary N) is 1. The van der Waals surface area contributed by atoms with E-state index in [2.05, 4.69) is 9.97 Å². The van der Waals surface area contributed by atoms with Gasteiger partial charge in [-0.2, -0.15) is 0 Å². The van der Waals surface area contributed by atoms with Crippen molar-refractivity contribution in [1.29, 1.82) is 0 Å². The number of fused-ring (bicyclic) bond motifs is 1. The normalized spacial score (nSPS) is 10.7. The lowest BCUT2D eigenvalue weighted by molar-refractivity contribution is 0.100. The fourth-order valence-corrected chi connectivity index (χ4v) is 2.87. The van der Waals surface area contributed by atoms with Gasteiger partial charge in [0.25, 0.3) is 0 Å². The highest BCUT2D eigenvalue weighted by Gasteiger charge is 2.13. The molecule has 0 aliphatic heterocycles. The molecule has 1 aromatic heterocycles. The van der Waals surface area contributed by atoms with Crippen molar-refractivity contribution in [2.45, 2.75) is 6.54 Å². The number of carbonyl (C=O) groups excluding carboxylic acids is 1. The molecular formula is C18H17ClN4O2. The number of carbonyl (C=O) groups is 1. The molecule has 0 unspecified atom stereocenters. The molecule has 7 heteroatoms. The van der Waals surface area contributed by atoms with Crippen molar-refractivity contribution < 1.29 is 9.53 Å². The van der Waals surface area contributed by atoms with Crippen molar-refractivity contribution in [3.05, 3.63) is 58.9 Å². The first-order valence-electron chi connectivity index (χ1n) is 7.57. The summed E-state index contributed by atoms with van der Waals surface area (Å²) in [4.78, 5) is 21.8. The third kappa shape index (κ3) is 3.49. The first-order chi connectivity index (χ1) is 12.0. The number of primary amides is 1. The SMILES string of the molecule is COc1cc2ncnc(N(C)Cc3ccc(C(N)=O)cc3)c2cc1Cl. The number of hydrogen-bond donors (Lipinski definition) is 1. The summed E-state index contributed by atoms with van der Waals surface area (Å²) in [5.74, 6) is 0.891. The highest BCUT2D eigenvalue weighted by molar-refractivity contribution is 6.33. The minimum absolute atomic E-state index is 0.440. The molecule has 0 radical (unpaired) electrons. The molecule has 0 bridgehead atoms. The Labute approximate surface area is 150 Å². The number of ether oxygens (including phenoxy) is 1. The Morgan fingerprint density at radius 3 is 2.60 bits per heavy atom. The van der Waals surface area contributed by atoms with E-state index in [1.807, 2.05) is 24.1 Å². The number of amides is 1. The van der Waals surface area contributed by atoms with Crippen LogP contribution in [-0.2, 0) is 6.54 Å². The largest absolute Gasteiger partial charge is 0.495 e. The van der Waals surface area contributed by atoms with E-state index in [0.717, 1.165) is 22.3 Å². The van der Waals surface area contributed by atoms with Crippen LogP contribution in [0.4, 0.5) is 5.82 Å². The quantitative estimate of drug-likeness (QED) is 0.760. The predicted octanol–water partition coefficient (Wildman–Crippen LogP) is 3.03. The Balaban J connectivity index is 1.92. The maximum atomic E-state index is 11.2. The molecule has 25 heavy (non-hydrogen) atoms. The fourth-order valence-electron chi connectivity index (χ4n) is 2.63. The van der Waals surface area contributed by atoms with E-state index in [1.165, 1.54) is 6.33 Å². The third-order valence-corrected chi connectivity index (χ3v) is 4.20. The van der Waals surface area contributed by atoms with Crippen LogP contribution in [0.3, 0.4) is 0 Å². The van der Waals surface area contributed by atoms with Gasteiger partial charge in [-0.25, -0.2) is 9.97 Å². The van der Waals surface area contributed by atoms with Crippen molar-refractivity contribution in [2.75, 3.05) is 19.1 Å². The minimum atomic E-state index is -0.440. The van der Waals surface area contributed by atoms with Crippen LogP contribution in [0.1, 0.15) is 15.9 Å². The first-order valence-corrected chi connectivity index (χ1v) is 7.95. The smallest absolute Gasteiger partial charge is 0.248 e. The zero-order valence-electron chi connectivity index (χ0n) is 13.9. The Kier molecular flexibility index (Phi) is 4.72. The Morgan fingerprint density at radius 1 is 1.24 bits per heavy atom. The third-order valence-electron chi connectivity index (χ3n) is 3.91. The summed E-state index contributed by atoms with van der Waals surface area (Å²) < 4.78 is 5.24. The Bertz CT molecular complexity index is 928. The van der Waals surface area contributed by atoms with Crippen molar-refractivity contribution in [3.8, 4) is 5.75 Å². The Morgan fingerprint density at radius 2 is 1.96 bits per heavy atom. The molecule has 3 rings (SSSR count). The van der Waals surface area contributed by atoms with Gasteiger partial charge in [-0.05, 0) is 23.8 Å². The van der Waals surface area contributed by atoms with Crippen LogP contribution in [0.25, 0.3) is 10.9 Å². The van der Waals surface area contributed by atoms with Gasteiger partial charge in [0, 0.05) is 30.6 Å². The molecule has 0 saturated carbocycles. The molecule has 128 valence electrons. The number of anilines is 1. The first kappa shape index (κ1) is 17.0. The van der Waals surface area contributed by atoms with E-state index in [0.29, 0.717) is 22.9 Å². The van der Waals surface area contributed by atoms with Crippen molar-refractivity contribution in [1.82, 2.24) is 9.97 Å². The summed E-state index contributed by atoms with van der Waals surface area (Å²) in [6.07, 6.45) is 1.51. The van der Waals surface area contributed by atoms with Crippen LogP contribution in [0.5, 0.6) is 5.75 Å². The summed E-state index contributed by atoms with van der Waals surface area (Å²) in [7, 11) is 3.50. The van der Waals surface area contributed by atoms with Crippen molar-refractivity contribution >= 4 is 34.2 Å². The van der Waals surface area contributed by atoms with Gasteiger partial charge in [0.15, 0.2) is 0 Å². The molecule has 1 amide bonds. The van der Waals surface area contributed by atoms with Crippen LogP contribution in [-0.4, -0.2) is 30.0 Å². The zero-order valence-corrected chi connectivity index (χ0v) is 14.6. The van der Waals surface area contributed by atoms with E-state index in [9.17, 15) is 4.79 Å². The summed E-state index contributed by atoms with van der Waals surface area (Å²) in [6, 6.07) is 10.8. The van der Waals surface area contributed by atoms with Gasteiger partial charge in [0.2, 0.25) is 5.91 Å². The number of halogens is 1. The van der Waals surface area contributed by atoms with Gasteiger partial charge in [0.05, 0.1) is 17.6 Å². The van der Waals surface area contributed by atoms with Crippen molar-refractivity contribution in [2.24, 2.45) is 5.73 Å². The van der Waals surface area contributed by atoms with Gasteiger partial charge in [-0.15, -0.1) is 0 Å². The topological polar surface area (TPSA) is 81.3 Å². The average molecular weight is 357 g/mol. The number of benzene rings is 2. The number of methoxy groups -OCH3 is 1. The molecule has 1 heterocycles. The molecule has 0 aliphatic carbocycles. The van der Waals surface area contributed by atoms with Gasteiger partial charge < -0.3 is 15.4 Å². The summed E-state index contributed by atoms with van der Waals surface area (Å²) >= 11 is 6.24. The second kappa shape index (κ2) is 6.94. The van der Waals surface area contributed by atoms with Crippen LogP contribution in [0.2, 0.25) is 5.02 Å². The molecule has 2 aromatic carbocycles. The lowest BCUT2D eigenvalue weighted by Crippen LogP contribution is -2.18. The zero-order chi connectivity index (χ0) is 18.0. The monoisotopic (exact) mass is 356 g/mol. The second-order valence-electron chi connectivity index (χ2n) is 5.62. The molecule has 0 saturated heterocycles. The lowest BCUT2D eigenvalue weighted by atomic mass is 10.1. The highest BCUT2D eigenvalue weighted by atomic mass is 35.5. The predicted molar refractivity (Wildman–Crippen MR) is 98.2 cm³/mol. The van der Waals surface area contributed by atoms with Crippen LogP contribution >= 0.6 is 11.6 Å². The van der Waals surface area contributed by atoms with Gasteiger partial charge >= 0.3 is 0 Å². The molecule has 0 atom stereocenters. The average Bonchev–Trinajstić information content (AvgIpc) is 2.61. The fraction of sp³-hybridized carbons (Fsp3) is 0.167. The molecule has 0 spiro atoms. The van der Waals surface area contributed by atoms with Crippen LogP contribution < -0.4 is 15.4 Å². The van der Waals surface area contributed by atoms with Gasteiger partial charge in [-0.1, -0.05) is 23.7 Å². The second-order valence-corrected chi connectivity index (χ2v) is 6.03. The maximum Gasteiger partial charge on any atom is 0.248 e. The molecule has 2 N–H and O–H groups in total. The number of rotatable bonds is 5. The maximum absolute atomic E-state index is 11.2. The lowest BCUT2D eigenvalue weighted by Gasteiger charge is -2.20. The molecular weight excluding hydrogens is 340 g/mol. The summed E-state index contributed by atoms with van der Waals surface area (Å²) in [5.41, 5.74) is 7.53. The summed E-state index contributed by atoms with van der Waals surface area (Å²) in [5, 5.41) is 1.34. The van der Waals surface area contributed by atoms with Crippen LogP contribution in [0, 0.1) is 0 Å². The number of aromatic nitrogens is 2. The van der Waals surface area contributed by atoms with E-state index in [-0.39, 0.29) is 0 Å². The van der Waals surface area contributed by atoms with Crippen LogP contribution in [0.15, 0.2) is 42.7 Å². The van der Waals surface area contributed by atoms with Gasteiger partial charge in [-0.3, -0.25) is 4.79 Å². The molecule has 6 nitrogen and oxygen atoms in total. The standard InChI is InChI=1S/C18H17ClN4O2/c1-23(9-11-3-5-12(6-4-11)17(20)24)18-13-7-14(19)16(25-2)8-15(13)21-10-22-18/h3-8,10H,9H2,1-2H3,(H2,20,24). The molecule has 3 aromatic rings. The van der Waals surface area contributed by atoms with E-state index in [1.54, 1.807) is 31.4 Å². The van der Waals surface area contributed by atoms with E-state index in [4.69, 9.17) is 22.1 Å². The molecule has 0 fully saturated rings. The van der Waals surface area contributed by atoms with E-state index < -0.39 is 5.91 Å². The highest BCUT2D eigenvalue weighted by Crippen LogP contribution is 2.32.